The molecule has 0 aliphatic rings. The first kappa shape index (κ1) is 19.5. The fraction of sp³-hybridized carbons (Fsp3) is 0.188. The summed E-state index contributed by atoms with van der Waals surface area (Å²) in [5.41, 5.74) is 0.139. The maximum atomic E-state index is 12.3. The monoisotopic (exact) mass is 388 g/mol. The Morgan fingerprint density at radius 3 is 2.38 bits per heavy atom. The summed E-state index contributed by atoms with van der Waals surface area (Å²) in [7, 11) is 0. The predicted octanol–water partition coefficient (Wildman–Crippen LogP) is 4.64. The molecule has 0 heterocycles. The number of nitro benzene ring substituents is 1. The minimum absolute atomic E-state index is 0.0363. The van der Waals surface area contributed by atoms with Crippen molar-refractivity contribution in [1.29, 1.82) is 0 Å². The van der Waals surface area contributed by atoms with Gasteiger partial charge < -0.3 is 10.1 Å². The third kappa shape index (κ3) is 5.09. The second kappa shape index (κ2) is 7.61. The van der Waals surface area contributed by atoms with E-state index in [2.05, 4.69) is 10.1 Å². The Labute approximate surface area is 150 Å². The molecule has 0 radical (unpaired) electrons. The van der Waals surface area contributed by atoms with Crippen LogP contribution in [0.3, 0.4) is 0 Å². The number of hydrogen-bond donors (Lipinski definition) is 1. The molecule has 0 aliphatic heterocycles. The van der Waals surface area contributed by atoms with E-state index in [1.165, 1.54) is 24.3 Å². The second-order valence-electron chi connectivity index (χ2n) is 5.23. The average Bonchev–Trinajstić information content (AvgIpc) is 2.54. The molecule has 0 fully saturated rings. The summed E-state index contributed by atoms with van der Waals surface area (Å²) in [6, 6.07) is 7.83. The highest BCUT2D eigenvalue weighted by Crippen LogP contribution is 2.26. The van der Waals surface area contributed by atoms with Crippen molar-refractivity contribution in [2.24, 2.45) is 0 Å². The number of nitrogens with one attached hydrogen (secondary N) is 1. The molecule has 0 aromatic heterocycles. The van der Waals surface area contributed by atoms with Crippen molar-refractivity contribution < 1.29 is 27.6 Å². The molecule has 2 aromatic carbocycles. The van der Waals surface area contributed by atoms with E-state index in [0.29, 0.717) is 5.56 Å². The van der Waals surface area contributed by atoms with E-state index in [-0.39, 0.29) is 22.0 Å². The lowest BCUT2D eigenvalue weighted by Crippen LogP contribution is -2.27. The lowest BCUT2D eigenvalue weighted by atomic mass is 10.1. The van der Waals surface area contributed by atoms with E-state index in [1.54, 1.807) is 6.92 Å². The third-order valence-corrected chi connectivity index (χ3v) is 3.70. The van der Waals surface area contributed by atoms with Crippen molar-refractivity contribution in [1.82, 2.24) is 5.32 Å². The van der Waals surface area contributed by atoms with Crippen LogP contribution in [-0.2, 0) is 0 Å². The van der Waals surface area contributed by atoms with Crippen LogP contribution in [0.15, 0.2) is 42.5 Å². The molecular formula is C16H12ClF3N2O4. The standard InChI is InChI=1S/C16H12ClF3N2O4/c1-9(10-2-5-12(6-3-10)26-16(18,19)20)21-15(23)13-8-11(22(24)25)4-7-14(13)17/h2-9H,1H3,(H,21,23). The van der Waals surface area contributed by atoms with Gasteiger partial charge in [-0.15, -0.1) is 13.2 Å². The molecule has 0 spiro atoms. The van der Waals surface area contributed by atoms with Crippen molar-refractivity contribution in [3.63, 3.8) is 0 Å². The highest BCUT2D eigenvalue weighted by molar-refractivity contribution is 6.33. The molecule has 0 bridgehead atoms. The van der Waals surface area contributed by atoms with Crippen LogP contribution in [-0.4, -0.2) is 17.2 Å². The van der Waals surface area contributed by atoms with Gasteiger partial charge in [0.25, 0.3) is 11.6 Å². The third-order valence-electron chi connectivity index (χ3n) is 3.37. The Kier molecular flexibility index (Phi) is 5.71. The Morgan fingerprint density at radius 1 is 1.23 bits per heavy atom. The highest BCUT2D eigenvalue weighted by Gasteiger charge is 2.31. The number of benzene rings is 2. The topological polar surface area (TPSA) is 81.5 Å². The summed E-state index contributed by atoms with van der Waals surface area (Å²) in [5, 5.41) is 13.4. The second-order valence-corrected chi connectivity index (χ2v) is 5.64. The Hall–Kier alpha value is -2.81. The number of alkyl halides is 3. The van der Waals surface area contributed by atoms with Crippen molar-refractivity contribution in [2.75, 3.05) is 0 Å². The zero-order valence-corrected chi connectivity index (χ0v) is 14.0. The molecule has 138 valence electrons. The average molecular weight is 389 g/mol. The normalized spacial score (nSPS) is 12.3. The summed E-state index contributed by atoms with van der Waals surface area (Å²) in [6.07, 6.45) is -4.79. The molecule has 1 unspecified atom stereocenters. The smallest absolute Gasteiger partial charge is 0.406 e. The molecule has 0 saturated heterocycles. The van der Waals surface area contributed by atoms with Crippen LogP contribution in [0.5, 0.6) is 5.75 Å². The zero-order chi connectivity index (χ0) is 19.5. The molecule has 6 nitrogen and oxygen atoms in total. The summed E-state index contributed by atoms with van der Waals surface area (Å²) in [6.45, 7) is 1.60. The number of hydrogen-bond acceptors (Lipinski definition) is 4. The van der Waals surface area contributed by atoms with Gasteiger partial charge in [-0.2, -0.15) is 0 Å². The number of nitro groups is 1. The van der Waals surface area contributed by atoms with Crippen LogP contribution in [0.25, 0.3) is 0 Å². The molecule has 1 N–H and O–H groups in total. The minimum Gasteiger partial charge on any atom is -0.406 e. The van der Waals surface area contributed by atoms with Gasteiger partial charge in [-0.25, -0.2) is 0 Å². The van der Waals surface area contributed by atoms with Crippen LogP contribution in [0, 0.1) is 10.1 Å². The van der Waals surface area contributed by atoms with Crippen molar-refractivity contribution in [2.45, 2.75) is 19.3 Å². The Morgan fingerprint density at radius 2 is 1.85 bits per heavy atom. The molecular weight excluding hydrogens is 377 g/mol. The van der Waals surface area contributed by atoms with Crippen LogP contribution in [0.4, 0.5) is 18.9 Å². The first-order chi connectivity index (χ1) is 12.1. The number of ether oxygens (including phenoxy) is 1. The summed E-state index contributed by atoms with van der Waals surface area (Å²) >= 11 is 5.90. The fourth-order valence-corrected chi connectivity index (χ4v) is 2.32. The summed E-state index contributed by atoms with van der Waals surface area (Å²) in [4.78, 5) is 22.4. The number of carbonyl (C=O) groups excluding carboxylic acids is 1. The van der Waals surface area contributed by atoms with E-state index in [1.807, 2.05) is 0 Å². The van der Waals surface area contributed by atoms with Crippen LogP contribution in [0.2, 0.25) is 5.02 Å². The number of nitrogens with zero attached hydrogens (tertiary/aromatic N) is 1. The van der Waals surface area contributed by atoms with Crippen molar-refractivity contribution in [3.8, 4) is 5.75 Å². The van der Waals surface area contributed by atoms with Crippen LogP contribution in [0.1, 0.15) is 28.9 Å². The van der Waals surface area contributed by atoms with Gasteiger partial charge in [-0.1, -0.05) is 23.7 Å². The van der Waals surface area contributed by atoms with Gasteiger partial charge in [-0.3, -0.25) is 14.9 Å². The first-order valence-corrected chi connectivity index (χ1v) is 7.55. The molecule has 2 rings (SSSR count). The van der Waals surface area contributed by atoms with Gasteiger partial charge in [0.05, 0.1) is 21.6 Å². The zero-order valence-electron chi connectivity index (χ0n) is 13.2. The number of non-ortho nitro benzene ring substituents is 1. The van der Waals surface area contributed by atoms with E-state index in [9.17, 15) is 28.1 Å². The maximum absolute atomic E-state index is 12.3. The molecule has 0 aliphatic carbocycles. The van der Waals surface area contributed by atoms with Gasteiger partial charge in [0.2, 0.25) is 0 Å². The summed E-state index contributed by atoms with van der Waals surface area (Å²) in [5.74, 6) is -1.04. The van der Waals surface area contributed by atoms with Gasteiger partial charge in [0, 0.05) is 12.1 Å². The first-order valence-electron chi connectivity index (χ1n) is 7.17. The lowest BCUT2D eigenvalue weighted by Gasteiger charge is -2.16. The lowest BCUT2D eigenvalue weighted by molar-refractivity contribution is -0.384. The minimum atomic E-state index is -4.79. The van der Waals surface area contributed by atoms with E-state index < -0.39 is 23.2 Å². The molecule has 2 aromatic rings. The quantitative estimate of drug-likeness (QED) is 0.597. The van der Waals surface area contributed by atoms with Crippen molar-refractivity contribution >= 4 is 23.2 Å². The van der Waals surface area contributed by atoms with Gasteiger partial charge in [0.15, 0.2) is 0 Å². The molecule has 0 saturated carbocycles. The number of rotatable bonds is 5. The fourth-order valence-electron chi connectivity index (χ4n) is 2.12. The molecule has 1 atom stereocenters. The van der Waals surface area contributed by atoms with E-state index in [4.69, 9.17) is 11.6 Å². The number of halogens is 4. The van der Waals surface area contributed by atoms with Gasteiger partial charge in [-0.05, 0) is 30.7 Å². The van der Waals surface area contributed by atoms with E-state index in [0.717, 1.165) is 18.2 Å². The van der Waals surface area contributed by atoms with Gasteiger partial charge in [0.1, 0.15) is 5.75 Å². The SMILES string of the molecule is CC(NC(=O)c1cc([N+](=O)[O-])ccc1Cl)c1ccc(OC(F)(F)F)cc1. The molecule has 26 heavy (non-hydrogen) atoms. The molecule has 1 amide bonds. The highest BCUT2D eigenvalue weighted by atomic mass is 35.5. The van der Waals surface area contributed by atoms with Crippen molar-refractivity contribution in [3.05, 3.63) is 68.7 Å². The Balaban J connectivity index is 2.12. The summed E-state index contributed by atoms with van der Waals surface area (Å²) < 4.78 is 40.2. The predicted molar refractivity (Wildman–Crippen MR) is 87.1 cm³/mol. The number of amides is 1. The Bertz CT molecular complexity index is 825. The van der Waals surface area contributed by atoms with Gasteiger partial charge >= 0.3 is 6.36 Å². The van der Waals surface area contributed by atoms with E-state index >= 15 is 0 Å². The maximum Gasteiger partial charge on any atom is 0.573 e. The van der Waals surface area contributed by atoms with Crippen LogP contribution < -0.4 is 10.1 Å². The van der Waals surface area contributed by atoms with Crippen LogP contribution >= 0.6 is 11.6 Å². The largest absolute Gasteiger partial charge is 0.573 e. The number of carbonyl (C=O) groups is 1. The molecule has 10 heteroatoms.